The van der Waals surface area contributed by atoms with Gasteiger partial charge < -0.3 is 161 Å². The van der Waals surface area contributed by atoms with E-state index in [2.05, 4.69) is 43.2 Å². The summed E-state index contributed by atoms with van der Waals surface area (Å²) < 4.78 is 0. The van der Waals surface area contributed by atoms with Crippen LogP contribution >= 0.6 is 12.6 Å². The van der Waals surface area contributed by atoms with Gasteiger partial charge in [0.25, 0.3) is 11.5 Å². The van der Waals surface area contributed by atoms with Crippen LogP contribution in [-0.2, 0) is 64.1 Å². The number of nitrogens with zero attached hydrogens (tertiary/aromatic N) is 3. The number of hydrogen-bond donors (Lipinski definition) is 33. The van der Waals surface area contributed by atoms with Gasteiger partial charge in [-0.15, -0.1) is 0 Å². The van der Waals surface area contributed by atoms with Gasteiger partial charge in [-0.2, -0.15) is 17.6 Å². The number of aromatic amines is 1. The number of H-pyrrole nitrogens is 1. The van der Waals surface area contributed by atoms with Gasteiger partial charge in [-0.25, -0.2) is 14.8 Å². The fourth-order valence-corrected chi connectivity index (χ4v) is 9.71. The summed E-state index contributed by atoms with van der Waals surface area (Å²) in [6, 6.07) is -16.5. The molecule has 49 nitrogen and oxygen atoms in total. The van der Waals surface area contributed by atoms with Gasteiger partial charge >= 0.3 is 23.9 Å². The van der Waals surface area contributed by atoms with Crippen LogP contribution in [0.4, 0.5) is 11.6 Å². The van der Waals surface area contributed by atoms with E-state index in [1.165, 1.54) is 37.4 Å². The van der Waals surface area contributed by atoms with E-state index >= 15 is 0 Å². The molecule has 2 aromatic heterocycles. The third kappa shape index (κ3) is 27.6. The highest BCUT2D eigenvalue weighted by Crippen LogP contribution is 2.17. The average Bonchev–Trinajstić information content (AvgIpc) is 0.824. The molecule has 0 unspecified atom stereocenters. The maximum Gasteiger partial charge on any atom is 0.327 e. The molecule has 3 rings (SSSR count). The summed E-state index contributed by atoms with van der Waals surface area (Å²) in [5.74, 6) is -24.5. The number of carbonyl (C=O) groups excluding carboxylic acids is 9. The van der Waals surface area contributed by atoms with E-state index in [4.69, 9.17) is 5.73 Å². The second-order valence-electron chi connectivity index (χ2n) is 23.8. The topological polar surface area (TPSA) is 844 Å². The Morgan fingerprint density at radius 1 is 0.472 bits per heavy atom. The van der Waals surface area contributed by atoms with Gasteiger partial charge in [0.1, 0.15) is 122 Å². The number of aromatic nitrogens is 4. The number of fused-ring (bicyclic) bond motifs is 1. The van der Waals surface area contributed by atoms with E-state index in [0.29, 0.717) is 11.4 Å². The number of carboxylic acid groups (broad SMARTS) is 4. The molecule has 0 saturated carbocycles. The van der Waals surface area contributed by atoms with Crippen molar-refractivity contribution in [1.29, 1.82) is 0 Å². The molecule has 0 aliphatic heterocycles. The molecule has 0 radical (unpaired) electrons. The van der Waals surface area contributed by atoms with Crippen LogP contribution in [0, 0.1) is 0 Å². The first-order valence-electron chi connectivity index (χ1n) is 31.7. The molecular formula is C58H85N15O34S. The molecule has 21 atom stereocenters. The Bertz CT molecular complexity index is 3680. The van der Waals surface area contributed by atoms with Gasteiger partial charge in [-0.1, -0.05) is 0 Å². The van der Waals surface area contributed by atoms with Crippen LogP contribution in [-0.4, -0.2) is 359 Å². The second kappa shape index (κ2) is 43.6. The van der Waals surface area contributed by atoms with Crippen molar-refractivity contribution >= 4 is 112 Å². The van der Waals surface area contributed by atoms with E-state index in [1.807, 2.05) is 5.32 Å². The molecular weight excluding hydrogens is 1480 g/mol. The summed E-state index contributed by atoms with van der Waals surface area (Å²) in [5.41, 5.74) is 5.76. The molecule has 0 aliphatic rings. The van der Waals surface area contributed by atoms with Crippen molar-refractivity contribution < 1.29 is 164 Å². The van der Waals surface area contributed by atoms with Crippen molar-refractivity contribution in [2.75, 3.05) is 43.2 Å². The fraction of sp³-hybridized carbons (Fsp3) is 0.569. The van der Waals surface area contributed by atoms with Crippen LogP contribution in [0.15, 0.2) is 35.3 Å². The zero-order valence-corrected chi connectivity index (χ0v) is 57.2. The van der Waals surface area contributed by atoms with Crippen molar-refractivity contribution in [3.8, 4) is 0 Å². The Hall–Kier alpha value is -10.1. The third-order valence-electron chi connectivity index (χ3n) is 15.6. The molecule has 0 spiro atoms. The number of benzene rings is 1. The van der Waals surface area contributed by atoms with Crippen molar-refractivity contribution in [3.05, 3.63) is 52.1 Å². The normalized spacial score (nSPS) is 17.3. The van der Waals surface area contributed by atoms with Crippen molar-refractivity contribution in [1.82, 2.24) is 67.8 Å². The number of hydrogen-bond acceptors (Lipinski definition) is 36. The van der Waals surface area contributed by atoms with Crippen molar-refractivity contribution in [2.45, 2.75) is 173 Å². The highest BCUT2D eigenvalue weighted by Gasteiger charge is 2.46. The number of amides is 9. The number of carbonyl (C=O) groups is 13. The Morgan fingerprint density at radius 3 is 1.16 bits per heavy atom. The van der Waals surface area contributed by atoms with Gasteiger partial charge in [0.05, 0.1) is 64.1 Å². The van der Waals surface area contributed by atoms with Crippen molar-refractivity contribution in [2.24, 2.45) is 0 Å². The van der Waals surface area contributed by atoms with E-state index < -0.39 is 268 Å². The lowest BCUT2D eigenvalue weighted by atomic mass is 9.97. The lowest BCUT2D eigenvalue weighted by Gasteiger charge is -2.33. The van der Waals surface area contributed by atoms with Gasteiger partial charge in [0, 0.05) is 29.5 Å². The van der Waals surface area contributed by atoms with E-state index in [9.17, 15) is 169 Å². The summed E-state index contributed by atoms with van der Waals surface area (Å²) in [5, 5.41) is 224. The van der Waals surface area contributed by atoms with Crippen LogP contribution in [0.2, 0.25) is 0 Å². The lowest BCUT2D eigenvalue weighted by Crippen LogP contribution is -2.66. The molecule has 1 aromatic carbocycles. The number of rotatable bonds is 47. The SMILES string of the molecule is C[C@H](CCC(=O)N[C@H](C(=O)N[C@@H](CC(=O)O)C(=O)N[C@H](C(=O)N[C@@H](CC(=O)O)C(=O)N[C@H](C(=O)N[C@@H](CC(=O)O)C(=O)N[C@H](C(=O)N[C@@H](CS)C(=O)O)[C@@H](O)[C@H](O)[C@H](O)CO)[C@@H](O)[C@H](O)[C@H](O)CO)[C@@H](O)[C@H](O)[C@H](O)CO)[C@@H](O)[C@H](O)[C@H](O)CO)NC(=O)c1ccc(NCc2cnc3nc(N)[nH]c(=O)c3n2)cc1. The molecule has 0 aliphatic carbocycles. The first-order chi connectivity index (χ1) is 50.5. The van der Waals surface area contributed by atoms with Crippen LogP contribution in [0.25, 0.3) is 11.2 Å². The molecule has 50 heteroatoms. The molecule has 0 fully saturated rings. The molecule has 33 N–H and O–H groups in total. The minimum Gasteiger partial charge on any atom is -0.481 e. The largest absolute Gasteiger partial charge is 0.481 e. The van der Waals surface area contributed by atoms with Crippen LogP contribution in [0.1, 0.15) is 55.1 Å². The smallest absolute Gasteiger partial charge is 0.327 e. The van der Waals surface area contributed by atoms with Crippen LogP contribution in [0.3, 0.4) is 0 Å². The maximum atomic E-state index is 14.3. The number of carboxylic acids is 4. The zero-order valence-electron chi connectivity index (χ0n) is 56.3. The number of nitrogen functional groups attached to an aromatic ring is 1. The standard InChI is InChI=1S/C58H85N15O34S/c1-18(62-48(97)19-3-5-20(6-4-19)60-11-21-12-61-47-38(63-21)56(105)73-58(59)72-47)2-7-30(82)68-34(43(93)39(89)26(78)13-74)52(101)64-22(8-31(83)84)49(98)69-35(44(94)40(90)27(79)14-75)53(102)65-23(9-32(85)86)50(99)70-36(45(95)41(91)28(80)15-76)54(103)66-24(10-33(87)88)51(100)71-37(46(96)42(92)29(81)16-77)55(104)67-25(17-108)57(106)107/h3-6,12,18,22-29,34-37,39-46,60,74-81,89-96,108H,2,7-11,13-17H2,1H3,(H,62,97)(H,64,101)(H,65,102)(H,66,103)(H,67,104)(H,68,82)(H,69,98)(H,70,99)(H,71,100)(H,83,84)(H,85,86)(H,87,88)(H,106,107)(H3,59,61,72,73,105)/t18-,22+,23+,24+,25+,26-,27-,28-,29-,34+,35+,36+,37+,39-,40-,41-,42-,43-,44-,45-,46-/m1/s1. The zero-order chi connectivity index (χ0) is 81.9. The second-order valence-corrected chi connectivity index (χ2v) is 24.2. The molecule has 3 aromatic rings. The average molecular weight is 1570 g/mol. The number of aliphatic hydroxyl groups is 16. The number of nitrogens with two attached hydrogens (primary N) is 1. The molecule has 0 saturated heterocycles. The minimum atomic E-state index is -3.04. The fourth-order valence-electron chi connectivity index (χ4n) is 9.46. The Kier molecular flexibility index (Phi) is 37.2. The maximum absolute atomic E-state index is 14.3. The van der Waals surface area contributed by atoms with Gasteiger partial charge in [0.15, 0.2) is 11.2 Å². The van der Waals surface area contributed by atoms with Crippen molar-refractivity contribution in [3.63, 3.8) is 0 Å². The number of aliphatic hydroxyl groups excluding tert-OH is 16. The molecule has 2 heterocycles. The van der Waals surface area contributed by atoms with Gasteiger partial charge in [-0.05, 0) is 37.6 Å². The molecule has 9 amide bonds. The van der Waals surface area contributed by atoms with Gasteiger partial charge in [-0.3, -0.25) is 67.3 Å². The summed E-state index contributed by atoms with van der Waals surface area (Å²) in [7, 11) is 0. The first-order valence-corrected chi connectivity index (χ1v) is 32.4. The Morgan fingerprint density at radius 2 is 0.824 bits per heavy atom. The third-order valence-corrected chi connectivity index (χ3v) is 15.9. The Balaban J connectivity index is 1.98. The predicted octanol–water partition coefficient (Wildman–Crippen LogP) is -16.6. The minimum absolute atomic E-state index is 0.00940. The summed E-state index contributed by atoms with van der Waals surface area (Å²) in [6.07, 6.45) is -36.6. The van der Waals surface area contributed by atoms with E-state index in [1.54, 1.807) is 37.2 Å². The molecule has 108 heavy (non-hydrogen) atoms. The summed E-state index contributed by atoms with van der Waals surface area (Å²) in [4.78, 5) is 200. The van der Waals surface area contributed by atoms with Crippen LogP contribution in [0.5, 0.6) is 0 Å². The number of nitrogens with one attached hydrogen (secondary N) is 11. The lowest BCUT2D eigenvalue weighted by molar-refractivity contribution is -0.147. The highest BCUT2D eigenvalue weighted by atomic mass is 32.1. The number of anilines is 2. The first kappa shape index (κ1) is 92.1. The van der Waals surface area contributed by atoms with Crippen LogP contribution < -0.4 is 64.5 Å². The van der Waals surface area contributed by atoms with E-state index in [-0.39, 0.29) is 35.6 Å². The van der Waals surface area contributed by atoms with Gasteiger partial charge in [0.2, 0.25) is 53.2 Å². The molecule has 0 bridgehead atoms. The quantitative estimate of drug-likeness (QED) is 0.0234. The predicted molar refractivity (Wildman–Crippen MR) is 356 cm³/mol. The number of thiol groups is 1. The monoisotopic (exact) mass is 1570 g/mol. The van der Waals surface area contributed by atoms with E-state index in [0.717, 1.165) is 0 Å². The highest BCUT2D eigenvalue weighted by molar-refractivity contribution is 7.80. The summed E-state index contributed by atoms with van der Waals surface area (Å²) >= 11 is 3.73. The molecule has 602 valence electrons. The number of aliphatic carboxylic acids is 4. The Labute approximate surface area is 611 Å². The summed E-state index contributed by atoms with van der Waals surface area (Å²) in [6.45, 7) is -4.16.